The number of nitrogens with two attached hydrogens (primary N) is 1. The quantitative estimate of drug-likeness (QED) is 0.678. The van der Waals surface area contributed by atoms with Crippen LogP contribution in [0, 0.1) is 13.8 Å². The van der Waals surface area contributed by atoms with E-state index in [0.717, 1.165) is 10.9 Å². The molecular formula is C17H17N5O4S. The summed E-state index contributed by atoms with van der Waals surface area (Å²) in [7, 11) is -3.79. The van der Waals surface area contributed by atoms with Crippen LogP contribution in [0.4, 0.5) is 11.4 Å². The van der Waals surface area contributed by atoms with Gasteiger partial charge in [-0.2, -0.15) is 0 Å². The lowest BCUT2D eigenvalue weighted by Gasteiger charge is -2.24. The summed E-state index contributed by atoms with van der Waals surface area (Å²) in [5, 5.41) is 4.41. The van der Waals surface area contributed by atoms with Crippen molar-refractivity contribution < 1.29 is 17.4 Å². The van der Waals surface area contributed by atoms with Crippen molar-refractivity contribution in [3.63, 3.8) is 0 Å². The van der Waals surface area contributed by atoms with Gasteiger partial charge in [0.15, 0.2) is 10.7 Å². The third-order valence-electron chi connectivity index (χ3n) is 4.24. The Balaban J connectivity index is 1.60. The van der Waals surface area contributed by atoms with Gasteiger partial charge < -0.3 is 19.6 Å². The molecule has 4 rings (SSSR count). The summed E-state index contributed by atoms with van der Waals surface area (Å²) in [5.41, 5.74) is 8.21. The van der Waals surface area contributed by atoms with Gasteiger partial charge in [-0.05, 0) is 44.2 Å². The molecule has 0 spiro atoms. The van der Waals surface area contributed by atoms with Crippen molar-refractivity contribution in [3.05, 3.63) is 58.8 Å². The Hall–Kier alpha value is -3.27. The van der Waals surface area contributed by atoms with Crippen LogP contribution < -0.4 is 26.1 Å². The third-order valence-corrected chi connectivity index (χ3v) is 5.86. The second kappa shape index (κ2) is 6.16. The molecule has 0 fully saturated rings. The van der Waals surface area contributed by atoms with Crippen molar-refractivity contribution in [1.82, 2.24) is 5.16 Å². The zero-order valence-corrected chi connectivity index (χ0v) is 15.4. The van der Waals surface area contributed by atoms with E-state index in [4.69, 9.17) is 14.7 Å². The molecule has 140 valence electrons. The molecule has 2 aromatic heterocycles. The Morgan fingerprint density at radius 3 is 2.59 bits per heavy atom. The zero-order valence-electron chi connectivity index (χ0n) is 14.6. The number of nitrogens with one attached hydrogen (secondary N) is 1. The molecule has 1 aliphatic heterocycles. The minimum absolute atomic E-state index is 0.0477. The fraction of sp³-hybridized carbons (Fsp3) is 0.176. The Morgan fingerprint density at radius 1 is 1.19 bits per heavy atom. The van der Waals surface area contributed by atoms with Crippen molar-refractivity contribution in [2.24, 2.45) is 10.7 Å². The van der Waals surface area contributed by atoms with Gasteiger partial charge in [0.2, 0.25) is 5.55 Å². The molecule has 3 aromatic rings. The molecule has 0 saturated heterocycles. The smallest absolute Gasteiger partial charge is 0.267 e. The van der Waals surface area contributed by atoms with Crippen LogP contribution in [-0.2, 0) is 10.0 Å². The van der Waals surface area contributed by atoms with E-state index in [2.05, 4.69) is 14.9 Å². The van der Waals surface area contributed by atoms with E-state index in [1.165, 1.54) is 6.26 Å². The van der Waals surface area contributed by atoms with Crippen molar-refractivity contribution in [3.8, 4) is 0 Å². The lowest BCUT2D eigenvalue weighted by molar-refractivity contribution is 0.390. The van der Waals surface area contributed by atoms with Gasteiger partial charge in [0.25, 0.3) is 10.0 Å². The maximum absolute atomic E-state index is 12.6. The third kappa shape index (κ3) is 2.93. The molecule has 0 atom stereocenters. The molecule has 1 aromatic carbocycles. The summed E-state index contributed by atoms with van der Waals surface area (Å²) in [6.45, 7) is 3.45. The number of aryl methyl sites for hydroxylation is 2. The number of fused-ring (bicyclic) bond motifs is 1. The van der Waals surface area contributed by atoms with Gasteiger partial charge in [0.1, 0.15) is 18.2 Å². The predicted octanol–water partition coefficient (Wildman–Crippen LogP) is 0.807. The fourth-order valence-electron chi connectivity index (χ4n) is 2.97. The largest absolute Gasteiger partial charge is 0.446 e. The average Bonchev–Trinajstić information content (AvgIpc) is 3.23. The fourth-order valence-corrected chi connectivity index (χ4v) is 4.36. The van der Waals surface area contributed by atoms with Gasteiger partial charge >= 0.3 is 0 Å². The molecule has 0 aliphatic carbocycles. The Bertz CT molecular complexity index is 1210. The van der Waals surface area contributed by atoms with E-state index in [1.54, 1.807) is 44.2 Å². The van der Waals surface area contributed by atoms with E-state index < -0.39 is 10.0 Å². The van der Waals surface area contributed by atoms with Crippen molar-refractivity contribution >= 4 is 27.2 Å². The van der Waals surface area contributed by atoms with E-state index in [9.17, 15) is 8.42 Å². The predicted molar refractivity (Wildman–Crippen MR) is 97.7 cm³/mol. The molecule has 1 aliphatic rings. The number of anilines is 2. The van der Waals surface area contributed by atoms with Crippen molar-refractivity contribution in [1.29, 1.82) is 0 Å². The summed E-state index contributed by atoms with van der Waals surface area (Å²) >= 11 is 0. The lowest BCUT2D eigenvalue weighted by Crippen LogP contribution is -2.42. The molecule has 27 heavy (non-hydrogen) atoms. The number of furan rings is 1. The monoisotopic (exact) mass is 387 g/mol. The standard InChI is InChI=1S/C17H17N5O4S/c1-10-15(11(2)26-20-10)27(23,24)21-12-3-5-13(6-4-12)22-9-19-17-14(16(22)18)7-8-25-17/h3-8,21H,9,18H2,1-2H3. The van der Waals surface area contributed by atoms with Crippen LogP contribution >= 0.6 is 0 Å². The van der Waals surface area contributed by atoms with Crippen LogP contribution in [0.15, 0.2) is 55.4 Å². The minimum atomic E-state index is -3.79. The highest BCUT2D eigenvalue weighted by Crippen LogP contribution is 2.25. The van der Waals surface area contributed by atoms with Crippen LogP contribution in [0.1, 0.15) is 11.5 Å². The van der Waals surface area contributed by atoms with E-state index in [1.807, 2.05) is 4.90 Å². The van der Waals surface area contributed by atoms with E-state index >= 15 is 0 Å². The first-order valence-corrected chi connectivity index (χ1v) is 9.56. The molecule has 0 radical (unpaired) electrons. The Kier molecular flexibility index (Phi) is 3.92. The number of hydrogen-bond donors (Lipinski definition) is 2. The first-order valence-electron chi connectivity index (χ1n) is 8.08. The van der Waals surface area contributed by atoms with Gasteiger partial charge in [0.05, 0.1) is 11.5 Å². The first kappa shape index (κ1) is 17.2. The summed E-state index contributed by atoms with van der Waals surface area (Å²) in [6.07, 6.45) is 1.54. The minimum Gasteiger partial charge on any atom is -0.446 e. The molecule has 0 unspecified atom stereocenters. The number of aromatic nitrogens is 1. The van der Waals surface area contributed by atoms with Gasteiger partial charge in [-0.15, -0.1) is 0 Å². The molecule has 9 nitrogen and oxygen atoms in total. The number of benzene rings is 1. The molecule has 0 bridgehead atoms. The zero-order chi connectivity index (χ0) is 19.2. The molecule has 10 heteroatoms. The average molecular weight is 387 g/mol. The lowest BCUT2D eigenvalue weighted by atomic mass is 10.2. The second-order valence-corrected chi connectivity index (χ2v) is 7.68. The molecular weight excluding hydrogens is 370 g/mol. The first-order chi connectivity index (χ1) is 12.9. The highest BCUT2D eigenvalue weighted by molar-refractivity contribution is 7.92. The summed E-state index contributed by atoms with van der Waals surface area (Å²) < 4.78 is 37.9. The molecule has 3 N–H and O–H groups in total. The van der Waals surface area contributed by atoms with E-state index in [0.29, 0.717) is 29.4 Å². The number of rotatable bonds is 4. The van der Waals surface area contributed by atoms with Gasteiger partial charge in [-0.3, -0.25) is 4.72 Å². The van der Waals surface area contributed by atoms with Crippen molar-refractivity contribution in [2.75, 3.05) is 16.3 Å². The Morgan fingerprint density at radius 2 is 1.93 bits per heavy atom. The van der Waals surface area contributed by atoms with Crippen LogP contribution in [0.25, 0.3) is 5.82 Å². The van der Waals surface area contributed by atoms with Gasteiger partial charge in [-0.25, -0.2) is 13.4 Å². The SMILES string of the molecule is Cc1noc(C)c1S(=O)(=O)Nc1ccc(N2CN=c3occc3=C2N)cc1. The second-order valence-electron chi connectivity index (χ2n) is 6.06. The van der Waals surface area contributed by atoms with E-state index in [-0.39, 0.29) is 10.7 Å². The van der Waals surface area contributed by atoms with Gasteiger partial charge in [-0.1, -0.05) is 5.16 Å². The molecule has 0 amide bonds. The summed E-state index contributed by atoms with van der Waals surface area (Å²) in [6, 6.07) is 8.59. The maximum Gasteiger partial charge on any atom is 0.267 e. The van der Waals surface area contributed by atoms with Gasteiger partial charge in [0, 0.05) is 11.4 Å². The van der Waals surface area contributed by atoms with Crippen LogP contribution in [0.2, 0.25) is 0 Å². The molecule has 3 heterocycles. The Labute approximate surface area is 154 Å². The summed E-state index contributed by atoms with van der Waals surface area (Å²) in [5.74, 6) is 0.766. The number of sulfonamides is 1. The maximum atomic E-state index is 12.6. The van der Waals surface area contributed by atoms with Crippen LogP contribution in [0.3, 0.4) is 0 Å². The highest BCUT2D eigenvalue weighted by atomic mass is 32.2. The van der Waals surface area contributed by atoms with Crippen LogP contribution in [-0.4, -0.2) is 20.2 Å². The molecule has 0 saturated carbocycles. The topological polar surface area (TPSA) is 127 Å². The van der Waals surface area contributed by atoms with Crippen LogP contribution in [0.5, 0.6) is 0 Å². The number of hydrogen-bond acceptors (Lipinski definition) is 8. The highest BCUT2D eigenvalue weighted by Gasteiger charge is 2.24. The summed E-state index contributed by atoms with van der Waals surface area (Å²) in [4.78, 5) is 6.18. The normalized spacial score (nSPS) is 14.0. The van der Waals surface area contributed by atoms with Crippen molar-refractivity contribution in [2.45, 2.75) is 18.7 Å². The number of nitrogens with zero attached hydrogens (tertiary/aromatic N) is 3.